The van der Waals surface area contributed by atoms with E-state index in [-0.39, 0.29) is 12.5 Å². The summed E-state index contributed by atoms with van der Waals surface area (Å²) in [6, 6.07) is 11.3. The smallest absolute Gasteiger partial charge is 0.264 e. The molecule has 1 heterocycles. The number of hydrogen-bond acceptors (Lipinski definition) is 3. The minimum atomic E-state index is -0.106. The first-order chi connectivity index (χ1) is 9.08. The summed E-state index contributed by atoms with van der Waals surface area (Å²) in [6.07, 6.45) is 0. The summed E-state index contributed by atoms with van der Waals surface area (Å²) in [5.74, 6) is 0.484. The third-order valence-corrected chi connectivity index (χ3v) is 2.82. The zero-order valence-corrected chi connectivity index (χ0v) is 11.3. The Morgan fingerprint density at radius 3 is 2.63 bits per heavy atom. The van der Waals surface area contributed by atoms with E-state index in [1.165, 1.54) is 0 Å². The van der Waals surface area contributed by atoms with Crippen molar-refractivity contribution in [3.05, 3.63) is 42.1 Å². The van der Waals surface area contributed by atoms with E-state index in [4.69, 9.17) is 4.74 Å². The minimum Gasteiger partial charge on any atom is -0.468 e. The Labute approximate surface area is 112 Å². The normalized spacial score (nSPS) is 10.3. The fraction of sp³-hybridized carbons (Fsp3) is 0.286. The zero-order valence-electron chi connectivity index (χ0n) is 11.3. The maximum atomic E-state index is 12.0. The summed E-state index contributed by atoms with van der Waals surface area (Å²) in [7, 11) is 3.52. The summed E-state index contributed by atoms with van der Waals surface area (Å²) in [6.45, 7) is 1.87. The van der Waals surface area contributed by atoms with Gasteiger partial charge in [0.1, 0.15) is 0 Å². The monoisotopic (exact) mass is 259 g/mol. The second kappa shape index (κ2) is 5.56. The average Bonchev–Trinajstić information content (AvgIpc) is 2.74. The van der Waals surface area contributed by atoms with Gasteiger partial charge in [0, 0.05) is 25.8 Å². The highest BCUT2D eigenvalue weighted by Crippen LogP contribution is 2.13. The molecule has 100 valence electrons. The predicted molar refractivity (Wildman–Crippen MR) is 73.3 cm³/mol. The van der Waals surface area contributed by atoms with Gasteiger partial charge in [0.15, 0.2) is 6.61 Å². The largest absolute Gasteiger partial charge is 0.468 e. The number of aromatic nitrogens is 2. The average molecular weight is 259 g/mol. The van der Waals surface area contributed by atoms with Crippen LogP contribution in [0.1, 0.15) is 5.69 Å². The molecule has 0 N–H and O–H groups in total. The summed E-state index contributed by atoms with van der Waals surface area (Å²) >= 11 is 0. The topological polar surface area (TPSA) is 47.4 Å². The molecule has 0 radical (unpaired) electrons. The number of hydrogen-bond donors (Lipinski definition) is 0. The molecule has 1 aromatic carbocycles. The lowest BCUT2D eigenvalue weighted by Gasteiger charge is -2.17. The van der Waals surface area contributed by atoms with Crippen LogP contribution in [-0.2, 0) is 11.8 Å². The molecule has 0 aliphatic rings. The SMILES string of the molecule is Cc1cc(OCC(=O)N(C)c2ccccc2)n(C)n1. The van der Waals surface area contributed by atoms with Crippen LogP contribution in [0.5, 0.6) is 5.88 Å². The number of likely N-dealkylation sites (N-methyl/N-ethyl adjacent to an activating group) is 1. The van der Waals surface area contributed by atoms with Crippen LogP contribution < -0.4 is 9.64 Å². The molecule has 0 atom stereocenters. The molecule has 1 aromatic heterocycles. The number of para-hydroxylation sites is 1. The van der Waals surface area contributed by atoms with Gasteiger partial charge in [-0.3, -0.25) is 4.79 Å². The van der Waals surface area contributed by atoms with Crippen LogP contribution in [0.4, 0.5) is 5.69 Å². The third kappa shape index (κ3) is 3.13. The van der Waals surface area contributed by atoms with Crippen molar-refractivity contribution in [2.24, 2.45) is 7.05 Å². The molecule has 0 aliphatic carbocycles. The van der Waals surface area contributed by atoms with Crippen LogP contribution in [-0.4, -0.2) is 29.3 Å². The number of amides is 1. The van der Waals surface area contributed by atoms with Gasteiger partial charge in [-0.15, -0.1) is 0 Å². The van der Waals surface area contributed by atoms with Gasteiger partial charge in [-0.25, -0.2) is 4.68 Å². The number of carbonyl (C=O) groups is 1. The number of ether oxygens (including phenoxy) is 1. The van der Waals surface area contributed by atoms with E-state index >= 15 is 0 Å². The maximum Gasteiger partial charge on any atom is 0.264 e. The first-order valence-corrected chi connectivity index (χ1v) is 6.03. The minimum absolute atomic E-state index is 0.00956. The van der Waals surface area contributed by atoms with Gasteiger partial charge in [-0.1, -0.05) is 18.2 Å². The van der Waals surface area contributed by atoms with Crippen LogP contribution in [0.25, 0.3) is 0 Å². The van der Waals surface area contributed by atoms with E-state index in [2.05, 4.69) is 5.10 Å². The second-order valence-electron chi connectivity index (χ2n) is 4.32. The Balaban J connectivity index is 1.96. The molecule has 1 amide bonds. The lowest BCUT2D eigenvalue weighted by atomic mass is 10.3. The van der Waals surface area contributed by atoms with Crippen LogP contribution in [0.2, 0.25) is 0 Å². The highest BCUT2D eigenvalue weighted by Gasteiger charge is 2.12. The first-order valence-electron chi connectivity index (χ1n) is 6.03. The van der Waals surface area contributed by atoms with Crippen molar-refractivity contribution in [2.75, 3.05) is 18.6 Å². The van der Waals surface area contributed by atoms with E-state index in [9.17, 15) is 4.79 Å². The molecule has 5 nitrogen and oxygen atoms in total. The predicted octanol–water partition coefficient (Wildman–Crippen LogP) is 1.77. The summed E-state index contributed by atoms with van der Waals surface area (Å²) in [5, 5.41) is 4.16. The van der Waals surface area contributed by atoms with E-state index in [0.29, 0.717) is 5.88 Å². The van der Waals surface area contributed by atoms with Crippen molar-refractivity contribution in [3.8, 4) is 5.88 Å². The number of benzene rings is 1. The van der Waals surface area contributed by atoms with Crippen LogP contribution in [0.3, 0.4) is 0 Å². The summed E-state index contributed by atoms with van der Waals surface area (Å²) in [5.41, 5.74) is 1.71. The summed E-state index contributed by atoms with van der Waals surface area (Å²) in [4.78, 5) is 13.6. The second-order valence-corrected chi connectivity index (χ2v) is 4.32. The standard InChI is InChI=1S/C14H17N3O2/c1-11-9-14(17(3)15-11)19-10-13(18)16(2)12-7-5-4-6-8-12/h4-9H,10H2,1-3H3. The Morgan fingerprint density at radius 1 is 1.37 bits per heavy atom. The van der Waals surface area contributed by atoms with Crippen molar-refractivity contribution in [1.29, 1.82) is 0 Å². The van der Waals surface area contributed by atoms with Crippen molar-refractivity contribution in [2.45, 2.75) is 6.92 Å². The third-order valence-electron chi connectivity index (χ3n) is 2.82. The fourth-order valence-corrected chi connectivity index (χ4v) is 1.75. The van der Waals surface area contributed by atoms with Gasteiger partial charge in [0.25, 0.3) is 5.91 Å². The number of anilines is 1. The molecule has 0 fully saturated rings. The van der Waals surface area contributed by atoms with Gasteiger partial charge < -0.3 is 9.64 Å². The molecule has 2 aromatic rings. The lowest BCUT2D eigenvalue weighted by molar-refractivity contribution is -0.120. The molecule has 19 heavy (non-hydrogen) atoms. The maximum absolute atomic E-state index is 12.0. The molecule has 0 bridgehead atoms. The van der Waals surface area contributed by atoms with E-state index in [1.54, 1.807) is 29.7 Å². The molecule has 0 aliphatic heterocycles. The molecule has 5 heteroatoms. The lowest BCUT2D eigenvalue weighted by Crippen LogP contribution is -2.31. The number of carbonyl (C=O) groups excluding carboxylic acids is 1. The van der Waals surface area contributed by atoms with Crippen molar-refractivity contribution >= 4 is 11.6 Å². The quantitative estimate of drug-likeness (QED) is 0.840. The molecular weight excluding hydrogens is 242 g/mol. The van der Waals surface area contributed by atoms with Crippen molar-refractivity contribution < 1.29 is 9.53 Å². The van der Waals surface area contributed by atoms with Gasteiger partial charge >= 0.3 is 0 Å². The van der Waals surface area contributed by atoms with Crippen molar-refractivity contribution in [3.63, 3.8) is 0 Å². The van der Waals surface area contributed by atoms with Gasteiger partial charge in [-0.05, 0) is 19.1 Å². The molecule has 0 saturated carbocycles. The molecule has 0 spiro atoms. The van der Waals surface area contributed by atoms with Crippen LogP contribution in [0, 0.1) is 6.92 Å². The fourth-order valence-electron chi connectivity index (χ4n) is 1.75. The molecular formula is C14H17N3O2. The zero-order chi connectivity index (χ0) is 13.8. The first kappa shape index (κ1) is 13.1. The van der Waals surface area contributed by atoms with Gasteiger partial charge in [0.05, 0.1) is 5.69 Å². The number of aryl methyl sites for hydroxylation is 2. The Bertz CT molecular complexity index is 563. The molecule has 0 saturated heterocycles. The van der Waals surface area contributed by atoms with E-state index in [1.807, 2.05) is 37.3 Å². The van der Waals surface area contributed by atoms with Crippen molar-refractivity contribution in [1.82, 2.24) is 9.78 Å². The highest BCUT2D eigenvalue weighted by molar-refractivity contribution is 5.93. The Hall–Kier alpha value is -2.30. The van der Waals surface area contributed by atoms with E-state index < -0.39 is 0 Å². The number of rotatable bonds is 4. The molecule has 0 unspecified atom stereocenters. The van der Waals surface area contributed by atoms with Crippen LogP contribution >= 0.6 is 0 Å². The highest BCUT2D eigenvalue weighted by atomic mass is 16.5. The summed E-state index contributed by atoms with van der Waals surface area (Å²) < 4.78 is 7.09. The Morgan fingerprint density at radius 2 is 2.05 bits per heavy atom. The van der Waals surface area contributed by atoms with Gasteiger partial charge in [-0.2, -0.15) is 5.10 Å². The van der Waals surface area contributed by atoms with Crippen LogP contribution in [0.15, 0.2) is 36.4 Å². The van der Waals surface area contributed by atoms with E-state index in [0.717, 1.165) is 11.4 Å². The Kier molecular flexibility index (Phi) is 3.85. The number of nitrogens with zero attached hydrogens (tertiary/aromatic N) is 3. The van der Waals surface area contributed by atoms with Gasteiger partial charge in [0.2, 0.25) is 5.88 Å². The molecule has 2 rings (SSSR count).